The molecule has 4 nitrogen and oxygen atoms in total. The van der Waals surface area contributed by atoms with Crippen LogP contribution in [0.25, 0.3) is 0 Å². The molecule has 2 aromatic rings. The third kappa shape index (κ3) is 5.60. The Kier molecular flexibility index (Phi) is 7.12. The summed E-state index contributed by atoms with van der Waals surface area (Å²) >= 11 is 12.2. The number of allylic oxidation sites excluding steroid dienone is 2. The monoisotopic (exact) mass is 416 g/mol. The van der Waals surface area contributed by atoms with Crippen molar-refractivity contribution in [3.8, 4) is 0 Å². The molecule has 28 heavy (non-hydrogen) atoms. The Balaban J connectivity index is 1.57. The van der Waals surface area contributed by atoms with Crippen LogP contribution in [-0.4, -0.2) is 11.8 Å². The van der Waals surface area contributed by atoms with Gasteiger partial charge in [-0.2, -0.15) is 0 Å². The normalized spacial score (nSPS) is 15.4. The summed E-state index contributed by atoms with van der Waals surface area (Å²) in [4.78, 5) is 24.7. The summed E-state index contributed by atoms with van der Waals surface area (Å²) in [6.45, 7) is 0. The van der Waals surface area contributed by atoms with Crippen LogP contribution in [0.4, 0.5) is 11.4 Å². The summed E-state index contributed by atoms with van der Waals surface area (Å²) in [6.07, 6.45) is 7.43. The molecular formula is C22H22Cl2N2O2. The molecule has 2 aromatic carbocycles. The van der Waals surface area contributed by atoms with Crippen molar-refractivity contribution in [1.29, 1.82) is 0 Å². The maximum absolute atomic E-state index is 12.4. The molecule has 0 heterocycles. The summed E-state index contributed by atoms with van der Waals surface area (Å²) in [5.41, 5.74) is 2.01. The molecule has 3 rings (SSSR count). The standard InChI is InChI=1S/C22H22Cl2N2O2/c23-17-9-5-8-16(22(17)24)12-13-20(27)25-18-10-3-4-11-19(18)26-21(28)14-15-6-1-2-7-15/h1,3-6,8-11,15H,2,7,12-14H2,(H,25,27)(H,26,28). The molecule has 0 aliphatic heterocycles. The van der Waals surface area contributed by atoms with Gasteiger partial charge in [0.2, 0.25) is 11.8 Å². The third-order valence-corrected chi connectivity index (χ3v) is 5.55. The van der Waals surface area contributed by atoms with Crippen molar-refractivity contribution < 1.29 is 9.59 Å². The molecule has 0 radical (unpaired) electrons. The van der Waals surface area contributed by atoms with E-state index in [-0.39, 0.29) is 18.2 Å². The van der Waals surface area contributed by atoms with Crippen molar-refractivity contribution in [2.75, 3.05) is 10.6 Å². The predicted molar refractivity (Wildman–Crippen MR) is 115 cm³/mol. The Labute approximate surface area is 174 Å². The molecule has 2 amide bonds. The molecule has 0 spiro atoms. The molecule has 0 saturated heterocycles. The number of para-hydroxylation sites is 2. The number of halogens is 2. The Hall–Kier alpha value is -2.30. The SMILES string of the molecule is O=C(CCc1cccc(Cl)c1Cl)Nc1ccccc1NC(=O)CC1C=CCC1. The topological polar surface area (TPSA) is 58.2 Å². The van der Waals surface area contributed by atoms with Gasteiger partial charge in [0.05, 0.1) is 21.4 Å². The van der Waals surface area contributed by atoms with Gasteiger partial charge in [-0.15, -0.1) is 0 Å². The Bertz CT molecular complexity index is 896. The minimum absolute atomic E-state index is 0.0519. The summed E-state index contributed by atoms with van der Waals surface area (Å²) in [5.74, 6) is 0.0876. The number of benzene rings is 2. The van der Waals surface area contributed by atoms with Gasteiger partial charge in [0.15, 0.2) is 0 Å². The van der Waals surface area contributed by atoms with Crippen molar-refractivity contribution in [1.82, 2.24) is 0 Å². The Morgan fingerprint density at radius 2 is 1.68 bits per heavy atom. The number of hydrogen-bond acceptors (Lipinski definition) is 2. The van der Waals surface area contributed by atoms with Gasteiger partial charge in [-0.25, -0.2) is 0 Å². The second-order valence-corrected chi connectivity index (χ2v) is 7.61. The highest BCUT2D eigenvalue weighted by Gasteiger charge is 2.16. The zero-order chi connectivity index (χ0) is 19.9. The van der Waals surface area contributed by atoms with Crippen LogP contribution in [0.1, 0.15) is 31.2 Å². The van der Waals surface area contributed by atoms with E-state index in [1.807, 2.05) is 24.3 Å². The van der Waals surface area contributed by atoms with E-state index in [1.54, 1.807) is 18.2 Å². The molecule has 6 heteroatoms. The Morgan fingerprint density at radius 3 is 2.36 bits per heavy atom. The van der Waals surface area contributed by atoms with Crippen LogP contribution in [0.2, 0.25) is 10.0 Å². The first kappa shape index (κ1) is 20.4. The zero-order valence-electron chi connectivity index (χ0n) is 15.4. The van der Waals surface area contributed by atoms with Crippen LogP contribution in [-0.2, 0) is 16.0 Å². The lowest BCUT2D eigenvalue weighted by atomic mass is 10.0. The average molecular weight is 417 g/mol. The van der Waals surface area contributed by atoms with Crippen LogP contribution >= 0.6 is 23.2 Å². The molecule has 1 aliphatic carbocycles. The fourth-order valence-corrected chi connectivity index (χ4v) is 3.62. The van der Waals surface area contributed by atoms with Gasteiger partial charge in [-0.1, -0.05) is 59.6 Å². The maximum Gasteiger partial charge on any atom is 0.225 e. The maximum atomic E-state index is 12.4. The van der Waals surface area contributed by atoms with E-state index in [1.165, 1.54) is 0 Å². The summed E-state index contributed by atoms with van der Waals surface area (Å²) in [7, 11) is 0. The van der Waals surface area contributed by atoms with E-state index >= 15 is 0 Å². The van der Waals surface area contributed by atoms with Gasteiger partial charge >= 0.3 is 0 Å². The summed E-state index contributed by atoms with van der Waals surface area (Å²) < 4.78 is 0. The van der Waals surface area contributed by atoms with Gasteiger partial charge in [-0.3, -0.25) is 9.59 Å². The number of carbonyl (C=O) groups is 2. The van der Waals surface area contributed by atoms with E-state index in [9.17, 15) is 9.59 Å². The highest BCUT2D eigenvalue weighted by molar-refractivity contribution is 6.42. The molecule has 0 saturated carbocycles. The number of hydrogen-bond donors (Lipinski definition) is 2. The van der Waals surface area contributed by atoms with E-state index in [4.69, 9.17) is 23.2 Å². The van der Waals surface area contributed by atoms with Crippen LogP contribution < -0.4 is 10.6 Å². The number of anilines is 2. The van der Waals surface area contributed by atoms with Gasteiger partial charge < -0.3 is 10.6 Å². The third-order valence-electron chi connectivity index (χ3n) is 4.69. The van der Waals surface area contributed by atoms with Crippen molar-refractivity contribution in [2.45, 2.75) is 32.1 Å². The molecule has 1 aliphatic rings. The first-order valence-corrected chi connectivity index (χ1v) is 10.1. The quantitative estimate of drug-likeness (QED) is 0.555. The molecule has 1 unspecified atom stereocenters. The molecule has 0 aromatic heterocycles. The minimum Gasteiger partial charge on any atom is -0.324 e. The first-order valence-electron chi connectivity index (χ1n) is 9.31. The number of amides is 2. The largest absolute Gasteiger partial charge is 0.324 e. The van der Waals surface area contributed by atoms with E-state index in [0.717, 1.165) is 18.4 Å². The molecule has 0 bridgehead atoms. The summed E-state index contributed by atoms with van der Waals surface area (Å²) in [6, 6.07) is 12.6. The summed E-state index contributed by atoms with van der Waals surface area (Å²) in [5, 5.41) is 6.73. The molecule has 2 N–H and O–H groups in total. The zero-order valence-corrected chi connectivity index (χ0v) is 16.9. The van der Waals surface area contributed by atoms with Crippen molar-refractivity contribution >= 4 is 46.4 Å². The fraction of sp³-hybridized carbons (Fsp3) is 0.273. The second kappa shape index (κ2) is 9.76. The number of carbonyl (C=O) groups excluding carboxylic acids is 2. The van der Waals surface area contributed by atoms with E-state index < -0.39 is 0 Å². The number of aryl methyl sites for hydroxylation is 1. The lowest BCUT2D eigenvalue weighted by Crippen LogP contribution is -2.18. The van der Waals surface area contributed by atoms with Crippen LogP contribution in [0.3, 0.4) is 0 Å². The van der Waals surface area contributed by atoms with Gasteiger partial charge in [-0.05, 0) is 48.9 Å². The number of nitrogens with one attached hydrogen (secondary N) is 2. The molecule has 0 fully saturated rings. The first-order chi connectivity index (χ1) is 13.5. The lowest BCUT2D eigenvalue weighted by molar-refractivity contribution is -0.117. The van der Waals surface area contributed by atoms with E-state index in [2.05, 4.69) is 22.8 Å². The second-order valence-electron chi connectivity index (χ2n) is 6.82. The highest BCUT2D eigenvalue weighted by atomic mass is 35.5. The average Bonchev–Trinajstić information content (AvgIpc) is 3.17. The van der Waals surface area contributed by atoms with Crippen LogP contribution in [0.5, 0.6) is 0 Å². The van der Waals surface area contributed by atoms with Crippen molar-refractivity contribution in [2.24, 2.45) is 5.92 Å². The molecule has 146 valence electrons. The fourth-order valence-electron chi connectivity index (χ4n) is 3.21. The molecular weight excluding hydrogens is 395 g/mol. The lowest BCUT2D eigenvalue weighted by Gasteiger charge is -2.14. The number of rotatable bonds is 7. The van der Waals surface area contributed by atoms with Crippen LogP contribution in [0, 0.1) is 5.92 Å². The van der Waals surface area contributed by atoms with E-state index in [0.29, 0.717) is 40.2 Å². The minimum atomic E-state index is -0.156. The smallest absolute Gasteiger partial charge is 0.225 e. The van der Waals surface area contributed by atoms with Gasteiger partial charge in [0.25, 0.3) is 0 Å². The van der Waals surface area contributed by atoms with Crippen molar-refractivity contribution in [3.63, 3.8) is 0 Å². The Morgan fingerprint density at radius 1 is 0.964 bits per heavy atom. The van der Waals surface area contributed by atoms with Crippen molar-refractivity contribution in [3.05, 3.63) is 70.2 Å². The van der Waals surface area contributed by atoms with Gasteiger partial charge in [0.1, 0.15) is 0 Å². The van der Waals surface area contributed by atoms with Crippen LogP contribution in [0.15, 0.2) is 54.6 Å². The predicted octanol–water partition coefficient (Wildman–Crippen LogP) is 5.86. The molecule has 1 atom stereocenters. The highest BCUT2D eigenvalue weighted by Crippen LogP contribution is 2.27. The van der Waals surface area contributed by atoms with Gasteiger partial charge in [0, 0.05) is 12.8 Å².